The van der Waals surface area contributed by atoms with Crippen LogP contribution in [0.1, 0.15) is 22.8 Å². The van der Waals surface area contributed by atoms with Crippen molar-refractivity contribution in [1.82, 2.24) is 4.90 Å². The van der Waals surface area contributed by atoms with E-state index in [9.17, 15) is 22.8 Å². The highest BCUT2D eigenvalue weighted by atomic mass is 19.2. The highest BCUT2D eigenvalue weighted by Crippen LogP contribution is 2.22. The SMILES string of the molecule is CCOC(=O)/C(=C\N(C)C)C(=O)c1cc(F)c(F)c(C#N)c1F. The van der Waals surface area contributed by atoms with Gasteiger partial charge in [0.15, 0.2) is 17.5 Å². The molecule has 1 aromatic rings. The highest BCUT2D eigenvalue weighted by molar-refractivity contribution is 6.24. The molecule has 5 nitrogen and oxygen atoms in total. The van der Waals surface area contributed by atoms with Gasteiger partial charge in [-0.1, -0.05) is 0 Å². The van der Waals surface area contributed by atoms with Gasteiger partial charge in [0, 0.05) is 20.3 Å². The lowest BCUT2D eigenvalue weighted by Gasteiger charge is -2.12. The monoisotopic (exact) mass is 326 g/mol. The third-order valence-electron chi connectivity index (χ3n) is 2.64. The first-order chi connectivity index (χ1) is 10.7. The predicted octanol–water partition coefficient (Wildman–Crippen LogP) is 2.17. The second-order valence-electron chi connectivity index (χ2n) is 4.58. The van der Waals surface area contributed by atoms with Gasteiger partial charge in [0.2, 0.25) is 5.78 Å². The smallest absolute Gasteiger partial charge is 0.343 e. The van der Waals surface area contributed by atoms with Crippen LogP contribution < -0.4 is 0 Å². The standard InChI is InChI=1S/C15H13F3N2O3/c1-4-23-15(22)10(7-20(2)3)14(21)8-5-11(16)13(18)9(6-19)12(8)17/h5,7H,4H2,1-3H3/b10-7-. The van der Waals surface area contributed by atoms with Gasteiger partial charge < -0.3 is 9.64 Å². The first kappa shape index (κ1) is 18.2. The van der Waals surface area contributed by atoms with E-state index in [0.29, 0.717) is 6.07 Å². The van der Waals surface area contributed by atoms with E-state index < -0.39 is 45.9 Å². The molecule has 0 heterocycles. The Labute approximate surface area is 130 Å². The molecule has 0 spiro atoms. The van der Waals surface area contributed by atoms with E-state index in [2.05, 4.69) is 4.74 Å². The molecule has 0 fully saturated rings. The Balaban J connectivity index is 3.50. The number of halogens is 3. The molecule has 0 radical (unpaired) electrons. The molecule has 122 valence electrons. The number of nitriles is 1. The fourth-order valence-electron chi connectivity index (χ4n) is 1.68. The summed E-state index contributed by atoms with van der Waals surface area (Å²) in [6, 6.07) is 1.45. The van der Waals surface area contributed by atoms with Crippen LogP contribution in [0, 0.1) is 28.8 Å². The second kappa shape index (κ2) is 7.45. The molecule has 0 amide bonds. The summed E-state index contributed by atoms with van der Waals surface area (Å²) in [7, 11) is 2.99. The summed E-state index contributed by atoms with van der Waals surface area (Å²) in [6.45, 7) is 1.46. The van der Waals surface area contributed by atoms with E-state index in [1.54, 1.807) is 0 Å². The Bertz CT molecular complexity index is 722. The minimum atomic E-state index is -1.70. The normalized spacial score (nSPS) is 10.9. The maximum Gasteiger partial charge on any atom is 0.343 e. The van der Waals surface area contributed by atoms with E-state index in [-0.39, 0.29) is 6.61 Å². The van der Waals surface area contributed by atoms with Gasteiger partial charge in [-0.2, -0.15) is 5.26 Å². The molecule has 0 aliphatic carbocycles. The van der Waals surface area contributed by atoms with Crippen molar-refractivity contribution in [2.75, 3.05) is 20.7 Å². The largest absolute Gasteiger partial charge is 0.462 e. The molecule has 0 aromatic heterocycles. The second-order valence-corrected chi connectivity index (χ2v) is 4.58. The number of carbonyl (C=O) groups is 2. The summed E-state index contributed by atoms with van der Waals surface area (Å²) in [5.41, 5.74) is -2.74. The van der Waals surface area contributed by atoms with Crippen LogP contribution in [0.15, 0.2) is 17.8 Å². The Morgan fingerprint density at radius 2 is 1.91 bits per heavy atom. The van der Waals surface area contributed by atoms with Crippen LogP contribution in [0.5, 0.6) is 0 Å². The quantitative estimate of drug-likeness (QED) is 0.207. The molecule has 1 aromatic carbocycles. The number of ether oxygens (including phenoxy) is 1. The highest BCUT2D eigenvalue weighted by Gasteiger charge is 2.28. The van der Waals surface area contributed by atoms with Gasteiger partial charge in [-0.3, -0.25) is 4.79 Å². The first-order valence-electron chi connectivity index (χ1n) is 6.42. The fourth-order valence-corrected chi connectivity index (χ4v) is 1.68. The Kier molecular flexibility index (Phi) is 5.90. The Morgan fingerprint density at radius 3 is 2.39 bits per heavy atom. The van der Waals surface area contributed by atoms with Crippen molar-refractivity contribution in [3.05, 3.63) is 46.4 Å². The van der Waals surface area contributed by atoms with Gasteiger partial charge in [0.05, 0.1) is 12.2 Å². The number of Topliss-reactive ketones (excluding diaryl/α,β-unsaturated/α-hetero) is 1. The van der Waals surface area contributed by atoms with Gasteiger partial charge in [-0.15, -0.1) is 0 Å². The number of esters is 1. The maximum atomic E-state index is 14.1. The minimum Gasteiger partial charge on any atom is -0.462 e. The zero-order chi connectivity index (χ0) is 17.7. The fraction of sp³-hybridized carbons (Fsp3) is 0.267. The number of rotatable bonds is 5. The number of hydrogen-bond donors (Lipinski definition) is 0. The topological polar surface area (TPSA) is 70.4 Å². The van der Waals surface area contributed by atoms with E-state index >= 15 is 0 Å². The molecule has 0 bridgehead atoms. The summed E-state index contributed by atoms with van der Waals surface area (Å²) < 4.78 is 45.5. The lowest BCUT2D eigenvalue weighted by atomic mass is 10.0. The van der Waals surface area contributed by atoms with Crippen LogP contribution in [-0.4, -0.2) is 37.4 Å². The summed E-state index contributed by atoms with van der Waals surface area (Å²) in [4.78, 5) is 25.5. The third kappa shape index (κ3) is 3.88. The van der Waals surface area contributed by atoms with Crippen molar-refractivity contribution in [2.45, 2.75) is 6.92 Å². The molecule has 8 heteroatoms. The number of nitrogens with zero attached hydrogens (tertiary/aromatic N) is 2. The Hall–Kier alpha value is -2.82. The van der Waals surface area contributed by atoms with Crippen LogP contribution in [0.2, 0.25) is 0 Å². The van der Waals surface area contributed by atoms with Crippen molar-refractivity contribution >= 4 is 11.8 Å². The zero-order valence-corrected chi connectivity index (χ0v) is 12.6. The van der Waals surface area contributed by atoms with Crippen LogP contribution in [0.25, 0.3) is 0 Å². The van der Waals surface area contributed by atoms with E-state index in [4.69, 9.17) is 5.26 Å². The number of ketones is 1. The van der Waals surface area contributed by atoms with E-state index in [1.807, 2.05) is 0 Å². The minimum absolute atomic E-state index is 0.0411. The molecule has 23 heavy (non-hydrogen) atoms. The molecular weight excluding hydrogens is 313 g/mol. The molecule has 0 atom stereocenters. The van der Waals surface area contributed by atoms with Crippen molar-refractivity contribution < 1.29 is 27.5 Å². The third-order valence-corrected chi connectivity index (χ3v) is 2.64. The Morgan fingerprint density at radius 1 is 1.30 bits per heavy atom. The average Bonchev–Trinajstić information content (AvgIpc) is 2.48. The van der Waals surface area contributed by atoms with Gasteiger partial charge in [-0.25, -0.2) is 18.0 Å². The maximum absolute atomic E-state index is 14.1. The summed E-state index contributed by atoms with van der Waals surface area (Å²) in [5, 5.41) is 8.68. The van der Waals surface area contributed by atoms with Crippen molar-refractivity contribution in [1.29, 1.82) is 5.26 Å². The molecule has 1 rings (SSSR count). The molecule has 0 saturated carbocycles. The van der Waals surface area contributed by atoms with Crippen LogP contribution in [0.4, 0.5) is 13.2 Å². The number of hydrogen-bond acceptors (Lipinski definition) is 5. The van der Waals surface area contributed by atoms with Crippen molar-refractivity contribution in [2.24, 2.45) is 0 Å². The van der Waals surface area contributed by atoms with Crippen LogP contribution in [-0.2, 0) is 9.53 Å². The van der Waals surface area contributed by atoms with Crippen molar-refractivity contribution in [3.63, 3.8) is 0 Å². The van der Waals surface area contributed by atoms with Crippen LogP contribution >= 0.6 is 0 Å². The molecule has 0 unspecified atom stereocenters. The van der Waals surface area contributed by atoms with Gasteiger partial charge >= 0.3 is 5.97 Å². The lowest BCUT2D eigenvalue weighted by Crippen LogP contribution is -2.21. The first-order valence-corrected chi connectivity index (χ1v) is 6.42. The summed E-state index contributed by atoms with van der Waals surface area (Å²) >= 11 is 0. The van der Waals surface area contributed by atoms with Gasteiger partial charge in [-0.05, 0) is 13.0 Å². The van der Waals surface area contributed by atoms with E-state index in [1.165, 1.54) is 25.9 Å². The van der Waals surface area contributed by atoms with Gasteiger partial charge in [0.1, 0.15) is 17.2 Å². The summed E-state index contributed by atoms with van der Waals surface area (Å²) in [6.07, 6.45) is 1.06. The molecule has 0 aliphatic rings. The molecule has 0 aliphatic heterocycles. The molecule has 0 saturated heterocycles. The average molecular weight is 326 g/mol. The molecular formula is C15H13F3N2O3. The number of carbonyl (C=O) groups excluding carboxylic acids is 2. The number of benzene rings is 1. The van der Waals surface area contributed by atoms with E-state index in [0.717, 1.165) is 12.3 Å². The van der Waals surface area contributed by atoms with Crippen LogP contribution in [0.3, 0.4) is 0 Å². The van der Waals surface area contributed by atoms with Gasteiger partial charge in [0.25, 0.3) is 0 Å². The predicted molar refractivity (Wildman–Crippen MR) is 73.8 cm³/mol. The van der Waals surface area contributed by atoms with Crippen molar-refractivity contribution in [3.8, 4) is 6.07 Å². The summed E-state index contributed by atoms with van der Waals surface area (Å²) in [5.74, 6) is -7.07. The molecule has 0 N–H and O–H groups in total. The lowest BCUT2D eigenvalue weighted by molar-refractivity contribution is -0.138. The zero-order valence-electron chi connectivity index (χ0n) is 12.6.